The van der Waals surface area contributed by atoms with Crippen LogP contribution in [0.15, 0.2) is 15.0 Å². The smallest absolute Gasteiger partial charge is 0.255 e. The van der Waals surface area contributed by atoms with Gasteiger partial charge >= 0.3 is 0 Å². The summed E-state index contributed by atoms with van der Waals surface area (Å²) in [6.45, 7) is 9.33. The molecule has 2 aromatic heterocycles. The highest BCUT2D eigenvalue weighted by Crippen LogP contribution is 2.23. The summed E-state index contributed by atoms with van der Waals surface area (Å²) < 4.78 is 10.7. The van der Waals surface area contributed by atoms with Crippen LogP contribution in [0, 0.1) is 20.8 Å². The number of hydrogen-bond donors (Lipinski definition) is 1. The topological polar surface area (TPSA) is 84.4 Å². The van der Waals surface area contributed by atoms with E-state index in [2.05, 4.69) is 27.3 Å². The van der Waals surface area contributed by atoms with Crippen LogP contribution in [0.2, 0.25) is 0 Å². The van der Waals surface area contributed by atoms with Gasteiger partial charge in [-0.2, -0.15) is 4.98 Å². The Bertz CT molecular complexity index is 713. The van der Waals surface area contributed by atoms with Crippen molar-refractivity contribution in [2.24, 2.45) is 0 Å². The molecule has 1 amide bonds. The predicted octanol–water partition coefficient (Wildman–Crippen LogP) is 2.54. The van der Waals surface area contributed by atoms with E-state index < -0.39 is 0 Å². The van der Waals surface area contributed by atoms with Gasteiger partial charge in [-0.15, -0.1) is 0 Å². The first-order chi connectivity index (χ1) is 11.4. The molecule has 2 aromatic rings. The number of carbonyl (C=O) groups excluding carboxylic acids is 1. The number of rotatable bonds is 4. The third-order valence-electron chi connectivity index (χ3n) is 4.60. The van der Waals surface area contributed by atoms with Crippen LogP contribution < -0.4 is 5.32 Å². The van der Waals surface area contributed by atoms with Crippen molar-refractivity contribution in [3.8, 4) is 0 Å². The summed E-state index contributed by atoms with van der Waals surface area (Å²) >= 11 is 0. The number of aromatic nitrogens is 2. The Hall–Kier alpha value is -2.15. The summed E-state index contributed by atoms with van der Waals surface area (Å²) in [7, 11) is 0. The lowest BCUT2D eigenvalue weighted by atomic mass is 10.0. The molecule has 7 heteroatoms. The van der Waals surface area contributed by atoms with Crippen molar-refractivity contribution in [1.29, 1.82) is 0 Å². The van der Waals surface area contributed by atoms with E-state index in [1.807, 2.05) is 20.8 Å². The second kappa shape index (κ2) is 6.76. The van der Waals surface area contributed by atoms with Crippen LogP contribution in [0.1, 0.15) is 59.4 Å². The minimum atomic E-state index is -0.0524. The fourth-order valence-electron chi connectivity index (χ4n) is 3.19. The number of nitrogens with one attached hydrogen (secondary N) is 1. The SMILES string of the molecule is Cc1noc([C@@H](C)N2CCC(NC(=O)c3cc(C)oc3C)CC2)n1. The summed E-state index contributed by atoms with van der Waals surface area (Å²) in [4.78, 5) is 19.0. The zero-order chi connectivity index (χ0) is 17.3. The third kappa shape index (κ3) is 3.51. The molecular weight excluding hydrogens is 308 g/mol. The summed E-state index contributed by atoms with van der Waals surface area (Å²) in [6.07, 6.45) is 1.80. The lowest BCUT2D eigenvalue weighted by molar-refractivity contribution is 0.0880. The highest BCUT2D eigenvalue weighted by Gasteiger charge is 2.27. The molecule has 3 rings (SSSR count). The molecule has 0 aromatic carbocycles. The molecule has 1 saturated heterocycles. The van der Waals surface area contributed by atoms with Crippen molar-refractivity contribution in [3.63, 3.8) is 0 Å². The molecule has 3 heterocycles. The molecule has 0 spiro atoms. The quantitative estimate of drug-likeness (QED) is 0.926. The Labute approximate surface area is 141 Å². The number of amides is 1. The number of hydrogen-bond acceptors (Lipinski definition) is 6. The number of nitrogens with zero attached hydrogens (tertiary/aromatic N) is 3. The van der Waals surface area contributed by atoms with Gasteiger partial charge in [0.05, 0.1) is 11.6 Å². The van der Waals surface area contributed by atoms with E-state index in [9.17, 15) is 4.79 Å². The molecule has 24 heavy (non-hydrogen) atoms. The molecule has 0 unspecified atom stereocenters. The summed E-state index contributed by atoms with van der Waals surface area (Å²) in [5, 5.41) is 6.97. The fraction of sp³-hybridized carbons (Fsp3) is 0.588. The normalized spacial score (nSPS) is 17.8. The Kier molecular flexibility index (Phi) is 4.71. The Morgan fingerprint density at radius 3 is 2.58 bits per heavy atom. The zero-order valence-electron chi connectivity index (χ0n) is 14.6. The van der Waals surface area contributed by atoms with Crippen molar-refractivity contribution in [2.45, 2.75) is 52.6 Å². The second-order valence-electron chi connectivity index (χ2n) is 6.47. The number of likely N-dealkylation sites (tertiary alicyclic amines) is 1. The molecule has 1 fully saturated rings. The Morgan fingerprint density at radius 1 is 1.33 bits per heavy atom. The van der Waals surface area contributed by atoms with E-state index >= 15 is 0 Å². The maximum Gasteiger partial charge on any atom is 0.255 e. The number of aryl methyl sites for hydroxylation is 3. The van der Waals surface area contributed by atoms with Crippen LogP contribution in [0.4, 0.5) is 0 Å². The van der Waals surface area contributed by atoms with Gasteiger partial charge in [-0.1, -0.05) is 5.16 Å². The summed E-state index contributed by atoms with van der Waals surface area (Å²) in [5.41, 5.74) is 0.629. The average Bonchev–Trinajstić information content (AvgIpc) is 3.12. The lowest BCUT2D eigenvalue weighted by Crippen LogP contribution is -2.45. The third-order valence-corrected chi connectivity index (χ3v) is 4.60. The number of furan rings is 1. The van der Waals surface area contributed by atoms with Gasteiger partial charge in [0.1, 0.15) is 11.5 Å². The van der Waals surface area contributed by atoms with Gasteiger partial charge < -0.3 is 14.3 Å². The van der Waals surface area contributed by atoms with E-state index in [0.717, 1.165) is 31.7 Å². The second-order valence-corrected chi connectivity index (χ2v) is 6.47. The van der Waals surface area contributed by atoms with Crippen molar-refractivity contribution in [3.05, 3.63) is 34.9 Å². The molecule has 0 saturated carbocycles. The van der Waals surface area contributed by atoms with Gasteiger partial charge in [0.25, 0.3) is 5.91 Å². The molecule has 130 valence electrons. The average molecular weight is 332 g/mol. The maximum atomic E-state index is 12.4. The van der Waals surface area contributed by atoms with Crippen molar-refractivity contribution in [1.82, 2.24) is 20.4 Å². The van der Waals surface area contributed by atoms with Crippen LogP contribution in [0.3, 0.4) is 0 Å². The Morgan fingerprint density at radius 2 is 2.04 bits per heavy atom. The minimum Gasteiger partial charge on any atom is -0.466 e. The van der Waals surface area contributed by atoms with E-state index in [-0.39, 0.29) is 18.0 Å². The first-order valence-electron chi connectivity index (χ1n) is 8.36. The van der Waals surface area contributed by atoms with E-state index in [4.69, 9.17) is 8.94 Å². The van der Waals surface area contributed by atoms with Gasteiger partial charge in [-0.3, -0.25) is 9.69 Å². The molecular formula is C17H24N4O3. The first kappa shape index (κ1) is 16.7. The molecule has 1 N–H and O–H groups in total. The van der Waals surface area contributed by atoms with E-state index in [1.165, 1.54) is 0 Å². The molecule has 0 radical (unpaired) electrons. The largest absolute Gasteiger partial charge is 0.466 e. The Balaban J connectivity index is 1.53. The molecule has 0 aliphatic carbocycles. The molecule has 1 aliphatic rings. The van der Waals surface area contributed by atoms with Crippen LogP contribution >= 0.6 is 0 Å². The van der Waals surface area contributed by atoms with Gasteiger partial charge in [0, 0.05) is 19.1 Å². The van der Waals surface area contributed by atoms with Crippen molar-refractivity contribution >= 4 is 5.91 Å². The van der Waals surface area contributed by atoms with Crippen LogP contribution in [-0.4, -0.2) is 40.1 Å². The van der Waals surface area contributed by atoms with Crippen LogP contribution in [0.25, 0.3) is 0 Å². The van der Waals surface area contributed by atoms with Gasteiger partial charge in [-0.05, 0) is 46.6 Å². The monoisotopic (exact) mass is 332 g/mol. The van der Waals surface area contributed by atoms with Crippen molar-refractivity contribution in [2.75, 3.05) is 13.1 Å². The van der Waals surface area contributed by atoms with Crippen molar-refractivity contribution < 1.29 is 13.7 Å². The summed E-state index contributed by atoms with van der Waals surface area (Å²) in [5.74, 6) is 2.69. The van der Waals surface area contributed by atoms with Crippen LogP contribution in [-0.2, 0) is 0 Å². The highest BCUT2D eigenvalue weighted by molar-refractivity contribution is 5.95. The maximum absolute atomic E-state index is 12.4. The number of piperidine rings is 1. The first-order valence-corrected chi connectivity index (χ1v) is 8.36. The van der Waals surface area contributed by atoms with E-state index in [0.29, 0.717) is 23.0 Å². The molecule has 0 bridgehead atoms. The minimum absolute atomic E-state index is 0.0524. The fourth-order valence-corrected chi connectivity index (χ4v) is 3.19. The van der Waals surface area contributed by atoms with Crippen LogP contribution in [0.5, 0.6) is 0 Å². The van der Waals surface area contributed by atoms with Gasteiger partial charge in [0.15, 0.2) is 5.82 Å². The highest BCUT2D eigenvalue weighted by atomic mass is 16.5. The number of carbonyl (C=O) groups is 1. The van der Waals surface area contributed by atoms with E-state index in [1.54, 1.807) is 6.07 Å². The summed E-state index contributed by atoms with van der Waals surface area (Å²) in [6, 6.07) is 2.07. The molecule has 1 aliphatic heterocycles. The zero-order valence-corrected chi connectivity index (χ0v) is 14.6. The predicted molar refractivity (Wildman–Crippen MR) is 87.7 cm³/mol. The molecule has 1 atom stereocenters. The van der Waals surface area contributed by atoms with Gasteiger partial charge in [0.2, 0.25) is 5.89 Å². The standard InChI is InChI=1S/C17H24N4O3/c1-10-9-15(12(3)23-10)16(22)19-14-5-7-21(8-6-14)11(2)17-18-13(4)20-24-17/h9,11,14H,5-8H2,1-4H3,(H,19,22)/t11-/m1/s1. The lowest BCUT2D eigenvalue weighted by Gasteiger charge is -2.34. The molecule has 7 nitrogen and oxygen atoms in total. The van der Waals surface area contributed by atoms with Gasteiger partial charge in [-0.25, -0.2) is 0 Å².